The topological polar surface area (TPSA) is 66.2 Å². The molecule has 0 bridgehead atoms. The summed E-state index contributed by atoms with van der Waals surface area (Å²) in [5.41, 5.74) is 3.50. The average molecular weight is 424 g/mol. The van der Waals surface area contributed by atoms with Crippen LogP contribution in [0.25, 0.3) is 0 Å². The molecule has 0 aliphatic heterocycles. The van der Waals surface area contributed by atoms with Gasteiger partial charge in [0.15, 0.2) is 16.8 Å². The van der Waals surface area contributed by atoms with Gasteiger partial charge in [0.05, 0.1) is 12.9 Å². The van der Waals surface area contributed by atoms with Crippen LogP contribution in [-0.4, -0.2) is 33.4 Å². The van der Waals surface area contributed by atoms with Crippen molar-refractivity contribution in [2.24, 2.45) is 7.05 Å². The molecule has 4 rings (SSSR count). The van der Waals surface area contributed by atoms with Gasteiger partial charge in [-0.05, 0) is 67.1 Å². The minimum absolute atomic E-state index is 0.118. The fourth-order valence-corrected chi connectivity index (χ4v) is 4.36. The van der Waals surface area contributed by atoms with Gasteiger partial charge in [-0.15, -0.1) is 10.2 Å². The van der Waals surface area contributed by atoms with Gasteiger partial charge in [-0.1, -0.05) is 23.9 Å². The molecule has 2 aromatic carbocycles. The second kappa shape index (κ2) is 9.34. The van der Waals surface area contributed by atoms with E-state index in [1.165, 1.54) is 35.7 Å². The van der Waals surface area contributed by atoms with Gasteiger partial charge in [-0.25, -0.2) is 0 Å². The Bertz CT molecular complexity index is 1030. The Morgan fingerprint density at radius 2 is 1.77 bits per heavy atom. The number of ether oxygens (including phenoxy) is 2. The van der Waals surface area contributed by atoms with Crippen molar-refractivity contribution in [2.75, 3.05) is 12.9 Å². The molecule has 156 valence electrons. The van der Waals surface area contributed by atoms with Crippen LogP contribution >= 0.6 is 11.8 Å². The zero-order valence-electron chi connectivity index (χ0n) is 17.3. The number of nitrogens with zero attached hydrogens (tertiary/aromatic N) is 3. The molecule has 1 aliphatic carbocycles. The number of benzene rings is 2. The quantitative estimate of drug-likeness (QED) is 0.398. The van der Waals surface area contributed by atoms with Crippen LogP contribution in [0.2, 0.25) is 0 Å². The van der Waals surface area contributed by atoms with Crippen molar-refractivity contribution in [3.8, 4) is 11.5 Å². The highest BCUT2D eigenvalue weighted by molar-refractivity contribution is 7.99. The first kappa shape index (κ1) is 20.5. The molecule has 0 radical (unpaired) electrons. The van der Waals surface area contributed by atoms with E-state index < -0.39 is 0 Å². The number of ketones is 1. The maximum atomic E-state index is 12.7. The molecule has 6 nitrogen and oxygen atoms in total. The predicted octanol–water partition coefficient (Wildman–Crippen LogP) is 4.26. The van der Waals surface area contributed by atoms with Crippen LogP contribution in [-0.2, 0) is 26.5 Å². The molecule has 1 aliphatic rings. The van der Waals surface area contributed by atoms with E-state index in [0.29, 0.717) is 23.3 Å². The van der Waals surface area contributed by atoms with Gasteiger partial charge in [-0.3, -0.25) is 4.79 Å². The van der Waals surface area contributed by atoms with Gasteiger partial charge < -0.3 is 14.0 Å². The second-order valence-corrected chi connectivity index (χ2v) is 8.27. The summed E-state index contributed by atoms with van der Waals surface area (Å²) >= 11 is 1.40. The van der Waals surface area contributed by atoms with Crippen LogP contribution in [0.1, 0.15) is 40.2 Å². The van der Waals surface area contributed by atoms with Crippen molar-refractivity contribution in [2.45, 2.75) is 37.4 Å². The number of Topliss-reactive ketones (excluding diaryl/α,β-unsaturated/α-hetero) is 1. The Morgan fingerprint density at radius 1 is 1.03 bits per heavy atom. The third-order valence-electron chi connectivity index (χ3n) is 5.36. The van der Waals surface area contributed by atoms with Gasteiger partial charge >= 0.3 is 0 Å². The van der Waals surface area contributed by atoms with Gasteiger partial charge in [0.1, 0.15) is 18.1 Å². The number of hydrogen-bond donors (Lipinski definition) is 0. The van der Waals surface area contributed by atoms with Crippen molar-refractivity contribution in [3.63, 3.8) is 0 Å². The third kappa shape index (κ3) is 4.67. The van der Waals surface area contributed by atoms with Crippen LogP contribution in [0.3, 0.4) is 0 Å². The zero-order chi connectivity index (χ0) is 20.9. The number of rotatable bonds is 8. The van der Waals surface area contributed by atoms with Crippen LogP contribution in [0, 0.1) is 0 Å². The second-order valence-electron chi connectivity index (χ2n) is 7.32. The summed E-state index contributed by atoms with van der Waals surface area (Å²) < 4.78 is 12.8. The summed E-state index contributed by atoms with van der Waals surface area (Å²) in [6.45, 7) is 0.301. The highest BCUT2D eigenvalue weighted by atomic mass is 32.2. The molecule has 0 saturated carbocycles. The molecule has 0 amide bonds. The number of carbonyl (C=O) groups excluding carboxylic acids is 1. The van der Waals surface area contributed by atoms with Crippen LogP contribution < -0.4 is 9.47 Å². The average Bonchev–Trinajstić information content (AvgIpc) is 3.15. The van der Waals surface area contributed by atoms with Crippen molar-refractivity contribution in [1.82, 2.24) is 14.8 Å². The Balaban J connectivity index is 1.34. The van der Waals surface area contributed by atoms with E-state index in [1.807, 2.05) is 41.9 Å². The van der Waals surface area contributed by atoms with Crippen LogP contribution in [0.5, 0.6) is 11.5 Å². The maximum absolute atomic E-state index is 12.7. The fraction of sp³-hybridized carbons (Fsp3) is 0.348. The Morgan fingerprint density at radius 3 is 2.53 bits per heavy atom. The molecule has 1 heterocycles. The Hall–Kier alpha value is -2.80. The molecule has 30 heavy (non-hydrogen) atoms. The highest BCUT2D eigenvalue weighted by Crippen LogP contribution is 2.24. The minimum Gasteiger partial charge on any atom is -0.497 e. The zero-order valence-corrected chi connectivity index (χ0v) is 18.1. The van der Waals surface area contributed by atoms with E-state index in [4.69, 9.17) is 9.47 Å². The molecule has 0 saturated heterocycles. The molecule has 3 aromatic rings. The lowest BCUT2D eigenvalue weighted by Gasteiger charge is -2.16. The fourth-order valence-electron chi connectivity index (χ4n) is 3.54. The maximum Gasteiger partial charge on any atom is 0.191 e. The monoisotopic (exact) mass is 423 g/mol. The number of fused-ring (bicyclic) bond motifs is 1. The third-order valence-corrected chi connectivity index (χ3v) is 6.38. The summed E-state index contributed by atoms with van der Waals surface area (Å²) in [6.07, 6.45) is 4.65. The molecule has 0 unspecified atom stereocenters. The molecule has 0 spiro atoms. The summed E-state index contributed by atoms with van der Waals surface area (Å²) in [5.74, 6) is 2.67. The summed E-state index contributed by atoms with van der Waals surface area (Å²) in [6, 6.07) is 13.5. The Labute approximate surface area is 180 Å². The van der Waals surface area contributed by atoms with E-state index in [0.717, 1.165) is 29.9 Å². The lowest BCUT2D eigenvalue weighted by molar-refractivity contribution is 0.102. The smallest absolute Gasteiger partial charge is 0.191 e. The van der Waals surface area contributed by atoms with Crippen molar-refractivity contribution in [1.29, 1.82) is 0 Å². The number of carbonyl (C=O) groups is 1. The lowest BCUT2D eigenvalue weighted by atomic mass is 9.90. The van der Waals surface area contributed by atoms with Crippen molar-refractivity contribution in [3.05, 3.63) is 65.0 Å². The standard InChI is InChI=1S/C23H25N3O3S/c1-26-22(14-29-20-11-9-19(28-2)10-12-20)24-25-23(26)30-15-21(27)18-8-7-16-5-3-4-6-17(16)13-18/h7-13H,3-6,14-15H2,1-2H3. The first-order valence-electron chi connectivity index (χ1n) is 10.1. The SMILES string of the molecule is COc1ccc(OCc2nnc(SCC(=O)c3ccc4c(c3)CCCC4)n2C)cc1. The van der Waals surface area contributed by atoms with Gasteiger partial charge in [0.2, 0.25) is 0 Å². The molecule has 0 fully saturated rings. The van der Waals surface area contributed by atoms with Crippen molar-refractivity contribution < 1.29 is 14.3 Å². The van der Waals surface area contributed by atoms with Crippen molar-refractivity contribution >= 4 is 17.5 Å². The molecular weight excluding hydrogens is 398 g/mol. The number of hydrogen-bond acceptors (Lipinski definition) is 6. The molecule has 7 heteroatoms. The molecule has 1 aromatic heterocycles. The van der Waals surface area contributed by atoms with Gasteiger partial charge in [0, 0.05) is 12.6 Å². The number of methoxy groups -OCH3 is 1. The molecule has 0 N–H and O–H groups in total. The Kier molecular flexibility index (Phi) is 6.38. The lowest BCUT2D eigenvalue weighted by Crippen LogP contribution is -2.08. The highest BCUT2D eigenvalue weighted by Gasteiger charge is 2.15. The van der Waals surface area contributed by atoms with E-state index in [9.17, 15) is 4.79 Å². The number of aromatic nitrogens is 3. The first-order valence-corrected chi connectivity index (χ1v) is 11.1. The van der Waals surface area contributed by atoms with E-state index in [1.54, 1.807) is 7.11 Å². The molecule has 0 atom stereocenters. The van der Waals surface area contributed by atoms with Crippen LogP contribution in [0.15, 0.2) is 47.6 Å². The normalized spacial score (nSPS) is 13.0. The summed E-state index contributed by atoms with van der Waals surface area (Å²) in [4.78, 5) is 12.7. The summed E-state index contributed by atoms with van der Waals surface area (Å²) in [7, 11) is 3.52. The minimum atomic E-state index is 0.118. The van der Waals surface area contributed by atoms with Gasteiger partial charge in [-0.2, -0.15) is 0 Å². The summed E-state index contributed by atoms with van der Waals surface area (Å²) in [5, 5.41) is 9.12. The number of aryl methyl sites for hydroxylation is 2. The predicted molar refractivity (Wildman–Crippen MR) is 116 cm³/mol. The first-order chi connectivity index (χ1) is 14.6. The van der Waals surface area contributed by atoms with E-state index in [2.05, 4.69) is 22.3 Å². The van der Waals surface area contributed by atoms with Crippen LogP contribution in [0.4, 0.5) is 0 Å². The van der Waals surface area contributed by atoms with E-state index in [-0.39, 0.29) is 5.78 Å². The van der Waals surface area contributed by atoms with Gasteiger partial charge in [0.25, 0.3) is 0 Å². The van der Waals surface area contributed by atoms with E-state index >= 15 is 0 Å². The molecular formula is C23H25N3O3S. The largest absolute Gasteiger partial charge is 0.497 e. The number of thioether (sulfide) groups is 1.